The van der Waals surface area contributed by atoms with Gasteiger partial charge in [-0.25, -0.2) is 4.39 Å². The van der Waals surface area contributed by atoms with E-state index >= 15 is 0 Å². The van der Waals surface area contributed by atoms with Crippen molar-refractivity contribution in [2.45, 2.75) is 13.0 Å². The number of carbonyl (C=O) groups is 1. The van der Waals surface area contributed by atoms with E-state index in [0.29, 0.717) is 23.1 Å². The number of halogens is 2. The Balaban J connectivity index is 2.21. The van der Waals surface area contributed by atoms with E-state index in [9.17, 15) is 9.18 Å². The van der Waals surface area contributed by atoms with Crippen molar-refractivity contribution in [3.63, 3.8) is 0 Å². The quantitative estimate of drug-likeness (QED) is 0.861. The van der Waals surface area contributed by atoms with E-state index in [-0.39, 0.29) is 17.8 Å². The van der Waals surface area contributed by atoms with Crippen LogP contribution in [0.5, 0.6) is 0 Å². The van der Waals surface area contributed by atoms with Gasteiger partial charge >= 0.3 is 0 Å². The van der Waals surface area contributed by atoms with Crippen molar-refractivity contribution >= 4 is 21.8 Å². The van der Waals surface area contributed by atoms with Crippen LogP contribution in [0.15, 0.2) is 22.7 Å². The van der Waals surface area contributed by atoms with Crippen LogP contribution in [0.3, 0.4) is 0 Å². The van der Waals surface area contributed by atoms with Gasteiger partial charge in [0.25, 0.3) is 5.91 Å². The van der Waals surface area contributed by atoms with Crippen LogP contribution < -0.4 is 5.32 Å². The molecule has 2 rings (SSSR count). The van der Waals surface area contributed by atoms with Gasteiger partial charge in [-0.15, -0.1) is 0 Å². The molecule has 0 spiro atoms. The third-order valence-electron chi connectivity index (χ3n) is 2.81. The van der Waals surface area contributed by atoms with E-state index in [1.807, 2.05) is 6.92 Å². The summed E-state index contributed by atoms with van der Waals surface area (Å²) in [6, 6.07) is 4.45. The molecule has 17 heavy (non-hydrogen) atoms. The Bertz CT molecular complexity index is 439. The minimum Gasteiger partial charge on any atom is -0.336 e. The zero-order valence-corrected chi connectivity index (χ0v) is 11.1. The van der Waals surface area contributed by atoms with Crippen LogP contribution in [0.2, 0.25) is 0 Å². The molecule has 1 saturated heterocycles. The molecule has 0 aliphatic carbocycles. The molecule has 3 nitrogen and oxygen atoms in total. The van der Waals surface area contributed by atoms with Crippen molar-refractivity contribution in [1.29, 1.82) is 0 Å². The molecule has 1 aliphatic rings. The smallest absolute Gasteiger partial charge is 0.255 e. The summed E-state index contributed by atoms with van der Waals surface area (Å²) in [6.45, 7) is 4.12. The molecule has 1 atom stereocenters. The Morgan fingerprint density at radius 2 is 2.35 bits per heavy atom. The van der Waals surface area contributed by atoms with Crippen LogP contribution in [0, 0.1) is 5.82 Å². The molecule has 1 amide bonds. The highest BCUT2D eigenvalue weighted by Gasteiger charge is 2.23. The third-order valence-corrected chi connectivity index (χ3v) is 3.51. The minimum absolute atomic E-state index is 0.121. The number of hydrogen-bond donors (Lipinski definition) is 1. The first-order valence-corrected chi connectivity index (χ1v) is 6.35. The molecule has 0 saturated carbocycles. The highest BCUT2D eigenvalue weighted by molar-refractivity contribution is 9.10. The first-order chi connectivity index (χ1) is 8.08. The number of rotatable bonds is 1. The molecular weight excluding hydrogens is 287 g/mol. The van der Waals surface area contributed by atoms with Crippen LogP contribution >= 0.6 is 15.9 Å². The fraction of sp³-hybridized carbons (Fsp3) is 0.417. The molecule has 1 aromatic carbocycles. The van der Waals surface area contributed by atoms with Gasteiger partial charge in [0.1, 0.15) is 5.82 Å². The maximum atomic E-state index is 13.1. The molecule has 1 fully saturated rings. The van der Waals surface area contributed by atoms with Crippen molar-refractivity contribution in [2.75, 3.05) is 19.6 Å². The second-order valence-corrected chi connectivity index (χ2v) is 5.08. The van der Waals surface area contributed by atoms with Crippen molar-refractivity contribution in [3.8, 4) is 0 Å². The summed E-state index contributed by atoms with van der Waals surface area (Å²) in [5, 5.41) is 3.26. The van der Waals surface area contributed by atoms with Crippen LogP contribution in [0.25, 0.3) is 0 Å². The highest BCUT2D eigenvalue weighted by Crippen LogP contribution is 2.20. The molecular formula is C12H14BrFN2O. The van der Waals surface area contributed by atoms with Gasteiger partial charge in [0, 0.05) is 30.1 Å². The number of nitrogens with one attached hydrogen (secondary N) is 1. The topological polar surface area (TPSA) is 32.3 Å². The van der Waals surface area contributed by atoms with Gasteiger partial charge in [0.15, 0.2) is 0 Å². The lowest BCUT2D eigenvalue weighted by Gasteiger charge is -2.32. The Morgan fingerprint density at radius 1 is 1.59 bits per heavy atom. The van der Waals surface area contributed by atoms with E-state index < -0.39 is 0 Å². The predicted molar refractivity (Wildman–Crippen MR) is 67.5 cm³/mol. The van der Waals surface area contributed by atoms with Gasteiger partial charge in [-0.3, -0.25) is 4.79 Å². The molecule has 1 N–H and O–H groups in total. The van der Waals surface area contributed by atoms with Crippen LogP contribution in [-0.2, 0) is 0 Å². The lowest BCUT2D eigenvalue weighted by molar-refractivity contribution is 0.0707. The summed E-state index contributed by atoms with van der Waals surface area (Å²) in [5.41, 5.74) is 0.388. The van der Waals surface area contributed by atoms with Crippen LogP contribution in [-0.4, -0.2) is 36.5 Å². The van der Waals surface area contributed by atoms with E-state index in [2.05, 4.69) is 21.2 Å². The second-order valence-electron chi connectivity index (χ2n) is 4.23. The van der Waals surface area contributed by atoms with E-state index in [4.69, 9.17) is 0 Å². The second kappa shape index (κ2) is 5.14. The lowest BCUT2D eigenvalue weighted by Crippen LogP contribution is -2.51. The summed E-state index contributed by atoms with van der Waals surface area (Å²) in [4.78, 5) is 14.0. The predicted octanol–water partition coefficient (Wildman–Crippen LogP) is 2.02. The largest absolute Gasteiger partial charge is 0.336 e. The van der Waals surface area contributed by atoms with Gasteiger partial charge in [0.05, 0.1) is 5.56 Å². The zero-order chi connectivity index (χ0) is 12.4. The molecule has 0 radical (unpaired) electrons. The van der Waals surface area contributed by atoms with Gasteiger partial charge in [0.2, 0.25) is 0 Å². The van der Waals surface area contributed by atoms with Crippen LogP contribution in [0.1, 0.15) is 17.3 Å². The average Bonchev–Trinajstić information content (AvgIpc) is 2.31. The van der Waals surface area contributed by atoms with Gasteiger partial charge in [-0.05, 0) is 41.1 Å². The zero-order valence-electron chi connectivity index (χ0n) is 9.54. The molecule has 0 aromatic heterocycles. The first-order valence-electron chi connectivity index (χ1n) is 5.55. The molecule has 1 aromatic rings. The van der Waals surface area contributed by atoms with Gasteiger partial charge in [-0.1, -0.05) is 0 Å². The Hall–Kier alpha value is -0.940. The van der Waals surface area contributed by atoms with Crippen molar-refractivity contribution in [2.24, 2.45) is 0 Å². The molecule has 1 heterocycles. The van der Waals surface area contributed by atoms with E-state index in [1.54, 1.807) is 11.0 Å². The number of benzene rings is 1. The SMILES string of the molecule is CC1CN(C(=O)c2cc(F)ccc2Br)CCN1. The lowest BCUT2D eigenvalue weighted by atomic mass is 10.1. The first kappa shape index (κ1) is 12.5. The number of hydrogen-bond acceptors (Lipinski definition) is 2. The number of carbonyl (C=O) groups excluding carboxylic acids is 1. The highest BCUT2D eigenvalue weighted by atomic mass is 79.9. The molecule has 92 valence electrons. The van der Waals surface area contributed by atoms with E-state index in [1.165, 1.54) is 12.1 Å². The third kappa shape index (κ3) is 2.84. The van der Waals surface area contributed by atoms with Crippen molar-refractivity contribution in [3.05, 3.63) is 34.1 Å². The maximum absolute atomic E-state index is 13.1. The number of piperazine rings is 1. The van der Waals surface area contributed by atoms with E-state index in [0.717, 1.165) is 6.54 Å². The molecule has 1 unspecified atom stereocenters. The Kier molecular flexibility index (Phi) is 3.79. The normalized spacial score (nSPS) is 20.4. The number of nitrogens with zero attached hydrogens (tertiary/aromatic N) is 1. The standard InChI is InChI=1S/C12H14BrFN2O/c1-8-7-16(5-4-15-8)12(17)10-6-9(14)2-3-11(10)13/h2-3,6,8,15H,4-5,7H2,1H3. The monoisotopic (exact) mass is 300 g/mol. The molecule has 0 bridgehead atoms. The van der Waals surface area contributed by atoms with Crippen molar-refractivity contribution < 1.29 is 9.18 Å². The van der Waals surface area contributed by atoms with Crippen molar-refractivity contribution in [1.82, 2.24) is 10.2 Å². The fourth-order valence-corrected chi connectivity index (χ4v) is 2.36. The molecule has 5 heteroatoms. The fourth-order valence-electron chi connectivity index (χ4n) is 1.95. The van der Waals surface area contributed by atoms with Crippen LogP contribution in [0.4, 0.5) is 4.39 Å². The summed E-state index contributed by atoms with van der Waals surface area (Å²) in [6.07, 6.45) is 0. The average molecular weight is 301 g/mol. The minimum atomic E-state index is -0.389. The van der Waals surface area contributed by atoms with Gasteiger partial charge < -0.3 is 10.2 Å². The molecule has 1 aliphatic heterocycles. The number of amides is 1. The summed E-state index contributed by atoms with van der Waals surface area (Å²) in [7, 11) is 0. The Morgan fingerprint density at radius 3 is 3.06 bits per heavy atom. The summed E-state index contributed by atoms with van der Waals surface area (Å²) >= 11 is 3.28. The Labute approximate surface area is 108 Å². The van der Waals surface area contributed by atoms with Gasteiger partial charge in [-0.2, -0.15) is 0 Å². The summed E-state index contributed by atoms with van der Waals surface area (Å²) in [5.74, 6) is -0.510. The summed E-state index contributed by atoms with van der Waals surface area (Å²) < 4.78 is 13.8. The maximum Gasteiger partial charge on any atom is 0.255 e.